The number of benzene rings is 1. The molecular formula is C21H17F4N3O. The van der Waals surface area contributed by atoms with Gasteiger partial charge < -0.3 is 4.98 Å². The van der Waals surface area contributed by atoms with Crippen molar-refractivity contribution in [2.75, 3.05) is 0 Å². The molecule has 0 bridgehead atoms. The zero-order chi connectivity index (χ0) is 20.8. The number of aromatic nitrogens is 3. The smallest absolute Gasteiger partial charge is 0.305 e. The number of fused-ring (bicyclic) bond motifs is 1. The third-order valence-corrected chi connectivity index (χ3v) is 5.20. The topological polar surface area (TPSA) is 58.6 Å². The maximum Gasteiger partial charge on any atom is 0.417 e. The number of pyridine rings is 1. The molecule has 4 rings (SSSR count). The van der Waals surface area contributed by atoms with Crippen molar-refractivity contribution in [1.82, 2.24) is 15.0 Å². The molecule has 1 unspecified atom stereocenters. The minimum atomic E-state index is -4.64. The van der Waals surface area contributed by atoms with E-state index < -0.39 is 23.1 Å². The van der Waals surface area contributed by atoms with E-state index in [9.17, 15) is 22.4 Å². The number of aryl methyl sites for hydroxylation is 1. The molecule has 8 heteroatoms. The average molecular weight is 403 g/mol. The quantitative estimate of drug-likeness (QED) is 0.603. The van der Waals surface area contributed by atoms with E-state index in [1.165, 1.54) is 0 Å². The molecule has 2 aromatic heterocycles. The predicted octanol–water partition coefficient (Wildman–Crippen LogP) is 5.14. The Hall–Kier alpha value is -3.03. The van der Waals surface area contributed by atoms with Gasteiger partial charge in [0.05, 0.1) is 11.3 Å². The third kappa shape index (κ3) is 3.66. The lowest BCUT2D eigenvalue weighted by molar-refractivity contribution is -0.138. The fraction of sp³-hybridized carbons (Fsp3) is 0.286. The van der Waals surface area contributed by atoms with Crippen molar-refractivity contribution in [3.63, 3.8) is 0 Å². The Balaban J connectivity index is 1.68. The van der Waals surface area contributed by atoms with Crippen LogP contribution in [-0.2, 0) is 6.18 Å². The Morgan fingerprint density at radius 3 is 2.72 bits per heavy atom. The molecule has 0 amide bonds. The molecule has 4 nitrogen and oxygen atoms in total. The number of aromatic amines is 1. The molecule has 3 aromatic rings. The highest BCUT2D eigenvalue weighted by Gasteiger charge is 2.36. The van der Waals surface area contributed by atoms with Crippen LogP contribution in [0.1, 0.15) is 47.6 Å². The highest BCUT2D eigenvalue weighted by Crippen LogP contribution is 2.41. The number of hydrogen-bond donors (Lipinski definition) is 1. The molecule has 1 aliphatic carbocycles. The number of alkyl halides is 3. The summed E-state index contributed by atoms with van der Waals surface area (Å²) in [5.74, 6) is -1.07. The molecule has 0 spiro atoms. The van der Waals surface area contributed by atoms with Crippen LogP contribution in [0.25, 0.3) is 16.7 Å². The van der Waals surface area contributed by atoms with E-state index in [-0.39, 0.29) is 17.9 Å². The van der Waals surface area contributed by atoms with Crippen molar-refractivity contribution in [2.45, 2.75) is 38.3 Å². The van der Waals surface area contributed by atoms with Gasteiger partial charge in [0.15, 0.2) is 5.65 Å². The Kier molecular flexibility index (Phi) is 4.72. The van der Waals surface area contributed by atoms with Crippen molar-refractivity contribution < 1.29 is 17.6 Å². The van der Waals surface area contributed by atoms with E-state index in [2.05, 4.69) is 15.0 Å². The monoisotopic (exact) mass is 403 g/mol. The van der Waals surface area contributed by atoms with Crippen LogP contribution in [0.15, 0.2) is 41.3 Å². The van der Waals surface area contributed by atoms with E-state index in [0.717, 1.165) is 18.2 Å². The second kappa shape index (κ2) is 7.09. The number of H-pyrrole nitrogens is 1. The summed E-state index contributed by atoms with van der Waals surface area (Å²) in [5, 5.41) is 0. The van der Waals surface area contributed by atoms with Gasteiger partial charge in [-0.1, -0.05) is 12.1 Å². The number of rotatable bonds is 2. The number of allylic oxidation sites excluding steroid dienone is 2. The molecule has 0 radical (unpaired) electrons. The van der Waals surface area contributed by atoms with Gasteiger partial charge in [-0.15, -0.1) is 0 Å². The lowest BCUT2D eigenvalue weighted by atomic mass is 9.82. The fourth-order valence-corrected chi connectivity index (χ4v) is 3.81. The van der Waals surface area contributed by atoms with Gasteiger partial charge in [-0.25, -0.2) is 9.37 Å². The average Bonchev–Trinajstić information content (AvgIpc) is 2.67. The van der Waals surface area contributed by atoms with Gasteiger partial charge in [-0.05, 0) is 55.9 Å². The molecule has 0 aliphatic heterocycles. The summed E-state index contributed by atoms with van der Waals surface area (Å²) >= 11 is 0. The second-order valence-electron chi connectivity index (χ2n) is 7.16. The van der Waals surface area contributed by atoms with Gasteiger partial charge in [-0.3, -0.25) is 9.78 Å². The highest BCUT2D eigenvalue weighted by molar-refractivity contribution is 5.72. The van der Waals surface area contributed by atoms with Gasteiger partial charge >= 0.3 is 6.18 Å². The molecule has 1 aromatic carbocycles. The fourth-order valence-electron chi connectivity index (χ4n) is 3.81. The van der Waals surface area contributed by atoms with Crippen molar-refractivity contribution in [2.24, 2.45) is 0 Å². The Morgan fingerprint density at radius 1 is 1.24 bits per heavy atom. The van der Waals surface area contributed by atoms with E-state index in [1.807, 2.05) is 0 Å². The molecule has 1 aliphatic rings. The summed E-state index contributed by atoms with van der Waals surface area (Å²) < 4.78 is 54.2. The zero-order valence-corrected chi connectivity index (χ0v) is 15.5. The lowest BCUT2D eigenvalue weighted by Crippen LogP contribution is -2.19. The summed E-state index contributed by atoms with van der Waals surface area (Å²) in [6.45, 7) is 1.77. The summed E-state index contributed by atoms with van der Waals surface area (Å²) in [6, 6.07) is 4.66. The summed E-state index contributed by atoms with van der Waals surface area (Å²) in [7, 11) is 0. The van der Waals surface area contributed by atoms with Crippen LogP contribution in [0, 0.1) is 12.7 Å². The molecule has 0 saturated heterocycles. The Morgan fingerprint density at radius 2 is 2.03 bits per heavy atom. The minimum absolute atomic E-state index is 0.184. The molecule has 29 heavy (non-hydrogen) atoms. The van der Waals surface area contributed by atoms with Crippen molar-refractivity contribution in [1.29, 1.82) is 0 Å². The minimum Gasteiger partial charge on any atom is -0.305 e. The predicted molar refractivity (Wildman–Crippen MR) is 101 cm³/mol. The molecular weight excluding hydrogens is 386 g/mol. The van der Waals surface area contributed by atoms with E-state index in [4.69, 9.17) is 0 Å². The Bertz CT molecular complexity index is 1180. The third-order valence-electron chi connectivity index (χ3n) is 5.20. The second-order valence-corrected chi connectivity index (χ2v) is 7.16. The van der Waals surface area contributed by atoms with Crippen LogP contribution >= 0.6 is 0 Å². The first-order valence-corrected chi connectivity index (χ1v) is 9.15. The van der Waals surface area contributed by atoms with Gasteiger partial charge in [0.1, 0.15) is 11.3 Å². The summed E-state index contributed by atoms with van der Waals surface area (Å²) in [4.78, 5) is 23.7. The van der Waals surface area contributed by atoms with E-state index in [0.29, 0.717) is 40.8 Å². The van der Waals surface area contributed by atoms with Crippen molar-refractivity contribution >= 4 is 16.7 Å². The normalized spacial score (nSPS) is 17.4. The number of nitrogens with zero attached hydrogens (tertiary/aromatic N) is 2. The van der Waals surface area contributed by atoms with Crippen LogP contribution in [0.4, 0.5) is 17.6 Å². The zero-order valence-electron chi connectivity index (χ0n) is 15.5. The van der Waals surface area contributed by atoms with Crippen molar-refractivity contribution in [3.05, 3.63) is 75.1 Å². The standard InChI is InChI=1S/C21H17F4N3O/c1-11-10-26-17-9-14(20(29)28-19(17)27-11)12-5-7-13(8-6-12)18-15(21(23,24)25)3-2-4-16(18)22/h2-4,7,9-10,12H,5-6,8H2,1H3,(H,27,28,29). The van der Waals surface area contributed by atoms with Crippen LogP contribution in [0.3, 0.4) is 0 Å². The van der Waals surface area contributed by atoms with Gasteiger partial charge in [0.2, 0.25) is 0 Å². The highest BCUT2D eigenvalue weighted by atomic mass is 19.4. The van der Waals surface area contributed by atoms with Crippen LogP contribution in [-0.4, -0.2) is 15.0 Å². The maximum absolute atomic E-state index is 14.2. The molecule has 1 N–H and O–H groups in total. The van der Waals surface area contributed by atoms with Crippen LogP contribution in [0.2, 0.25) is 0 Å². The maximum atomic E-state index is 14.2. The number of nitrogens with one attached hydrogen (secondary N) is 1. The number of halogens is 4. The first kappa shape index (κ1) is 19.3. The summed E-state index contributed by atoms with van der Waals surface area (Å²) in [5.41, 5.74) is 0.788. The first-order chi connectivity index (χ1) is 13.7. The van der Waals surface area contributed by atoms with Crippen molar-refractivity contribution in [3.8, 4) is 0 Å². The SMILES string of the molecule is Cc1cnc2cc(C3CC=C(c4c(F)cccc4C(F)(F)F)CC3)c(=O)[nH]c2n1. The molecule has 1 atom stereocenters. The van der Waals surface area contributed by atoms with Gasteiger partial charge in [0, 0.05) is 17.3 Å². The summed E-state index contributed by atoms with van der Waals surface area (Å²) in [6.07, 6.45) is -0.417. The van der Waals surface area contributed by atoms with Crippen LogP contribution in [0.5, 0.6) is 0 Å². The molecule has 0 fully saturated rings. The first-order valence-electron chi connectivity index (χ1n) is 9.15. The van der Waals surface area contributed by atoms with E-state index in [1.54, 1.807) is 25.3 Å². The van der Waals surface area contributed by atoms with E-state index >= 15 is 0 Å². The Labute approximate surface area is 163 Å². The number of hydrogen-bond acceptors (Lipinski definition) is 3. The molecule has 150 valence electrons. The lowest BCUT2D eigenvalue weighted by Gasteiger charge is -2.24. The molecule has 0 saturated carbocycles. The van der Waals surface area contributed by atoms with Gasteiger partial charge in [0.25, 0.3) is 5.56 Å². The van der Waals surface area contributed by atoms with Gasteiger partial charge in [-0.2, -0.15) is 13.2 Å². The largest absolute Gasteiger partial charge is 0.417 e. The van der Waals surface area contributed by atoms with Crippen LogP contribution < -0.4 is 5.56 Å². The molecule has 2 heterocycles.